The van der Waals surface area contributed by atoms with Crippen molar-refractivity contribution >= 4 is 17.2 Å². The Bertz CT molecular complexity index is 730. The Balaban J connectivity index is 1.87. The van der Waals surface area contributed by atoms with E-state index >= 15 is 0 Å². The molecule has 0 fully saturated rings. The summed E-state index contributed by atoms with van der Waals surface area (Å²) in [6.07, 6.45) is 1.62. The van der Waals surface area contributed by atoms with Crippen LogP contribution in [0.1, 0.15) is 28.6 Å². The van der Waals surface area contributed by atoms with E-state index in [1.165, 1.54) is 0 Å². The van der Waals surface area contributed by atoms with Crippen molar-refractivity contribution in [2.45, 2.75) is 20.0 Å². The van der Waals surface area contributed by atoms with E-state index in [0.29, 0.717) is 31.0 Å². The van der Waals surface area contributed by atoms with Crippen LogP contribution in [0, 0.1) is 0 Å². The molecule has 3 rings (SSSR count). The van der Waals surface area contributed by atoms with E-state index in [-0.39, 0.29) is 5.91 Å². The first-order chi connectivity index (χ1) is 11.8. The minimum Gasteiger partial charge on any atom is -0.493 e. The Hall–Kier alpha value is -2.53. The van der Waals surface area contributed by atoms with Crippen molar-refractivity contribution in [1.82, 2.24) is 4.90 Å². The summed E-state index contributed by atoms with van der Waals surface area (Å²) in [4.78, 5) is 14.9. The van der Waals surface area contributed by atoms with E-state index < -0.39 is 0 Å². The number of para-hydroxylation sites is 1. The number of furan rings is 1. The lowest BCUT2D eigenvalue weighted by Crippen LogP contribution is -2.30. The summed E-state index contributed by atoms with van der Waals surface area (Å²) >= 11 is 1.62. The second-order valence-corrected chi connectivity index (χ2v) is 6.08. The van der Waals surface area contributed by atoms with Crippen molar-refractivity contribution in [2.75, 3.05) is 6.61 Å². The lowest BCUT2D eigenvalue weighted by molar-refractivity contribution is 0.0713. The molecule has 0 unspecified atom stereocenters. The Labute approximate surface area is 145 Å². The number of nitrogens with zero attached hydrogens (tertiary/aromatic N) is 1. The van der Waals surface area contributed by atoms with E-state index in [2.05, 4.69) is 5.38 Å². The molecule has 0 radical (unpaired) electrons. The summed E-state index contributed by atoms with van der Waals surface area (Å²) in [5.74, 6) is 1.30. The van der Waals surface area contributed by atoms with Gasteiger partial charge in [-0.05, 0) is 53.6 Å². The monoisotopic (exact) mass is 341 g/mol. The predicted octanol–water partition coefficient (Wildman–Crippen LogP) is 4.58. The van der Waals surface area contributed by atoms with Crippen LogP contribution in [0.25, 0.3) is 0 Å². The zero-order valence-corrected chi connectivity index (χ0v) is 14.3. The Kier molecular flexibility index (Phi) is 5.33. The normalized spacial score (nSPS) is 10.5. The molecule has 0 N–H and O–H groups in total. The van der Waals surface area contributed by atoms with E-state index in [1.807, 2.05) is 48.7 Å². The lowest BCUT2D eigenvalue weighted by Gasteiger charge is -2.22. The van der Waals surface area contributed by atoms with Crippen LogP contribution in [0.3, 0.4) is 0 Å². The number of rotatable bonds is 7. The van der Waals surface area contributed by atoms with Gasteiger partial charge in [0.05, 0.1) is 25.0 Å². The minimum atomic E-state index is -0.0679. The van der Waals surface area contributed by atoms with Gasteiger partial charge in [0.25, 0.3) is 5.91 Å². The van der Waals surface area contributed by atoms with Crippen molar-refractivity contribution in [3.05, 3.63) is 76.4 Å². The third kappa shape index (κ3) is 3.86. The highest BCUT2D eigenvalue weighted by atomic mass is 32.1. The van der Waals surface area contributed by atoms with Crippen molar-refractivity contribution in [1.29, 1.82) is 0 Å². The molecule has 0 spiro atoms. The Morgan fingerprint density at radius 3 is 2.75 bits per heavy atom. The molecule has 24 heavy (non-hydrogen) atoms. The van der Waals surface area contributed by atoms with Crippen molar-refractivity contribution in [3.8, 4) is 5.75 Å². The predicted molar refractivity (Wildman–Crippen MR) is 94.2 cm³/mol. The molecule has 0 aliphatic heterocycles. The smallest absolute Gasteiger partial charge is 0.258 e. The third-order valence-electron chi connectivity index (χ3n) is 3.58. The third-order valence-corrected chi connectivity index (χ3v) is 4.32. The highest BCUT2D eigenvalue weighted by Crippen LogP contribution is 2.23. The van der Waals surface area contributed by atoms with Gasteiger partial charge in [-0.15, -0.1) is 0 Å². The van der Waals surface area contributed by atoms with Gasteiger partial charge in [-0.25, -0.2) is 0 Å². The van der Waals surface area contributed by atoms with Crippen LogP contribution in [0.5, 0.6) is 5.75 Å². The van der Waals surface area contributed by atoms with Gasteiger partial charge in [-0.1, -0.05) is 12.1 Å². The minimum absolute atomic E-state index is 0.0679. The molecular weight excluding hydrogens is 322 g/mol. The second-order valence-electron chi connectivity index (χ2n) is 5.30. The average Bonchev–Trinajstić information content (AvgIpc) is 3.28. The average molecular weight is 341 g/mol. The molecule has 2 aromatic heterocycles. The van der Waals surface area contributed by atoms with Gasteiger partial charge in [-0.3, -0.25) is 4.79 Å². The van der Waals surface area contributed by atoms with E-state index in [9.17, 15) is 4.79 Å². The topological polar surface area (TPSA) is 42.7 Å². The summed E-state index contributed by atoms with van der Waals surface area (Å²) in [6.45, 7) is 3.38. The van der Waals surface area contributed by atoms with Crippen LogP contribution in [0.15, 0.2) is 63.9 Å². The number of benzene rings is 1. The van der Waals surface area contributed by atoms with Crippen LogP contribution in [0.2, 0.25) is 0 Å². The van der Waals surface area contributed by atoms with Crippen LogP contribution < -0.4 is 4.74 Å². The van der Waals surface area contributed by atoms with Crippen molar-refractivity contribution in [2.24, 2.45) is 0 Å². The maximum Gasteiger partial charge on any atom is 0.258 e. The first-order valence-corrected chi connectivity index (χ1v) is 8.76. The SMILES string of the molecule is CCOc1ccccc1C(=O)N(Cc1ccsc1)Cc1ccco1. The van der Waals surface area contributed by atoms with Gasteiger partial charge in [0.2, 0.25) is 0 Å². The summed E-state index contributed by atoms with van der Waals surface area (Å²) in [5.41, 5.74) is 1.68. The fraction of sp³-hybridized carbons (Fsp3) is 0.211. The Morgan fingerprint density at radius 1 is 1.17 bits per heavy atom. The molecule has 4 nitrogen and oxygen atoms in total. The number of carbonyl (C=O) groups is 1. The highest BCUT2D eigenvalue weighted by Gasteiger charge is 2.21. The highest BCUT2D eigenvalue weighted by molar-refractivity contribution is 7.07. The van der Waals surface area contributed by atoms with Crippen molar-refractivity contribution < 1.29 is 13.9 Å². The lowest BCUT2D eigenvalue weighted by atomic mass is 10.1. The molecule has 1 aromatic carbocycles. The number of ether oxygens (including phenoxy) is 1. The zero-order chi connectivity index (χ0) is 16.8. The number of thiophene rings is 1. The van der Waals surface area contributed by atoms with Gasteiger partial charge >= 0.3 is 0 Å². The molecule has 0 atom stereocenters. The molecule has 0 saturated carbocycles. The number of carbonyl (C=O) groups excluding carboxylic acids is 1. The molecule has 124 valence electrons. The molecule has 5 heteroatoms. The van der Waals surface area contributed by atoms with Gasteiger partial charge in [-0.2, -0.15) is 11.3 Å². The van der Waals surface area contributed by atoms with Crippen molar-refractivity contribution in [3.63, 3.8) is 0 Å². The molecule has 1 amide bonds. The first-order valence-electron chi connectivity index (χ1n) is 7.82. The molecule has 0 bridgehead atoms. The van der Waals surface area contributed by atoms with Crippen LogP contribution in [0.4, 0.5) is 0 Å². The summed E-state index contributed by atoms with van der Waals surface area (Å²) < 4.78 is 11.0. The number of amides is 1. The van der Waals surface area contributed by atoms with Gasteiger partial charge in [0.1, 0.15) is 11.5 Å². The maximum absolute atomic E-state index is 13.1. The molecular formula is C19H19NO3S. The number of hydrogen-bond acceptors (Lipinski definition) is 4. The number of hydrogen-bond donors (Lipinski definition) is 0. The molecule has 3 aromatic rings. The van der Waals surface area contributed by atoms with E-state index in [4.69, 9.17) is 9.15 Å². The molecule has 0 aliphatic carbocycles. The molecule has 2 heterocycles. The van der Waals surface area contributed by atoms with Crippen LogP contribution in [-0.2, 0) is 13.1 Å². The summed E-state index contributed by atoms with van der Waals surface area (Å²) in [6, 6.07) is 13.1. The maximum atomic E-state index is 13.1. The fourth-order valence-electron chi connectivity index (χ4n) is 2.49. The summed E-state index contributed by atoms with van der Waals surface area (Å²) in [7, 11) is 0. The van der Waals surface area contributed by atoms with E-state index in [0.717, 1.165) is 11.3 Å². The standard InChI is InChI=1S/C19H19NO3S/c1-2-22-18-8-4-3-7-17(18)19(21)20(12-15-9-11-24-14-15)13-16-6-5-10-23-16/h3-11,14H,2,12-13H2,1H3. The second kappa shape index (κ2) is 7.84. The van der Waals surface area contributed by atoms with Gasteiger partial charge < -0.3 is 14.1 Å². The largest absolute Gasteiger partial charge is 0.493 e. The summed E-state index contributed by atoms with van der Waals surface area (Å²) in [5, 5.41) is 4.07. The first kappa shape index (κ1) is 16.3. The Morgan fingerprint density at radius 2 is 2.04 bits per heavy atom. The van der Waals surface area contributed by atoms with Gasteiger partial charge in [0.15, 0.2) is 0 Å². The van der Waals surface area contributed by atoms with Crippen LogP contribution in [-0.4, -0.2) is 17.4 Å². The fourth-order valence-corrected chi connectivity index (χ4v) is 3.15. The quantitative estimate of drug-likeness (QED) is 0.631. The van der Waals surface area contributed by atoms with Crippen LogP contribution >= 0.6 is 11.3 Å². The molecule has 0 aliphatic rings. The van der Waals surface area contributed by atoms with E-state index in [1.54, 1.807) is 28.6 Å². The zero-order valence-electron chi connectivity index (χ0n) is 13.5. The van der Waals surface area contributed by atoms with Gasteiger partial charge in [0, 0.05) is 6.54 Å². The molecule has 0 saturated heterocycles.